The standard InChI is InChI=1S/C23H29N3O2/c1-17(2)25-12-14-26(15-13-25)19-9-7-18(8-10-19)23(27)24-21-11-16-28-22-6-4-3-5-20(21)22/h3-10,17,21H,11-16H2,1-2H3,(H,24,27)/t21-/m0/s1. The van der Waals surface area contributed by atoms with Crippen molar-refractivity contribution in [1.29, 1.82) is 0 Å². The van der Waals surface area contributed by atoms with E-state index >= 15 is 0 Å². The molecule has 0 radical (unpaired) electrons. The van der Waals surface area contributed by atoms with Crippen molar-refractivity contribution in [2.75, 3.05) is 37.7 Å². The van der Waals surface area contributed by atoms with Crippen molar-refractivity contribution in [1.82, 2.24) is 10.2 Å². The van der Waals surface area contributed by atoms with Gasteiger partial charge in [0.1, 0.15) is 5.75 Å². The van der Waals surface area contributed by atoms with Gasteiger partial charge in [-0.15, -0.1) is 0 Å². The molecule has 2 aromatic rings. The molecule has 1 amide bonds. The van der Waals surface area contributed by atoms with Gasteiger partial charge in [-0.2, -0.15) is 0 Å². The molecule has 4 rings (SSSR count). The number of piperazine rings is 1. The summed E-state index contributed by atoms with van der Waals surface area (Å²) in [6, 6.07) is 16.5. The van der Waals surface area contributed by atoms with Gasteiger partial charge in [-0.05, 0) is 44.2 Å². The molecule has 5 heteroatoms. The van der Waals surface area contributed by atoms with E-state index < -0.39 is 0 Å². The van der Waals surface area contributed by atoms with Gasteiger partial charge in [0.25, 0.3) is 5.91 Å². The second-order valence-electron chi connectivity index (χ2n) is 7.86. The lowest BCUT2D eigenvalue weighted by Crippen LogP contribution is -2.48. The molecular weight excluding hydrogens is 350 g/mol. The fourth-order valence-corrected chi connectivity index (χ4v) is 4.05. The monoisotopic (exact) mass is 379 g/mol. The minimum Gasteiger partial charge on any atom is -0.493 e. The van der Waals surface area contributed by atoms with Crippen molar-refractivity contribution < 1.29 is 9.53 Å². The van der Waals surface area contributed by atoms with Crippen LogP contribution < -0.4 is 15.0 Å². The Bertz CT molecular complexity index is 811. The van der Waals surface area contributed by atoms with E-state index in [1.165, 1.54) is 5.69 Å². The first-order valence-corrected chi connectivity index (χ1v) is 10.2. The minimum absolute atomic E-state index is 0.00115. The SMILES string of the molecule is CC(C)N1CCN(c2ccc(C(=O)N[C@H]3CCOc4ccccc43)cc2)CC1. The van der Waals surface area contributed by atoms with Crippen molar-refractivity contribution in [3.8, 4) is 5.75 Å². The number of hydrogen-bond acceptors (Lipinski definition) is 4. The zero-order valence-corrected chi connectivity index (χ0v) is 16.7. The predicted octanol–water partition coefficient (Wildman–Crippen LogP) is 3.47. The highest BCUT2D eigenvalue weighted by Crippen LogP contribution is 2.31. The Kier molecular flexibility index (Phi) is 5.53. The smallest absolute Gasteiger partial charge is 0.251 e. The van der Waals surface area contributed by atoms with Crippen LogP contribution in [0.2, 0.25) is 0 Å². The maximum Gasteiger partial charge on any atom is 0.251 e. The Labute approximate surface area is 167 Å². The summed E-state index contributed by atoms with van der Waals surface area (Å²) in [5, 5.41) is 3.17. The number of anilines is 1. The second kappa shape index (κ2) is 8.23. The summed E-state index contributed by atoms with van der Waals surface area (Å²) in [4.78, 5) is 17.7. The highest BCUT2D eigenvalue weighted by atomic mass is 16.5. The molecule has 2 aliphatic rings. The van der Waals surface area contributed by atoms with Crippen LogP contribution >= 0.6 is 0 Å². The zero-order valence-electron chi connectivity index (χ0n) is 16.7. The van der Waals surface area contributed by atoms with E-state index in [0.717, 1.165) is 43.9 Å². The maximum absolute atomic E-state index is 12.8. The first kappa shape index (κ1) is 18.8. The third-order valence-corrected chi connectivity index (χ3v) is 5.80. The third-order valence-electron chi connectivity index (χ3n) is 5.80. The van der Waals surface area contributed by atoms with Crippen LogP contribution in [-0.2, 0) is 0 Å². The number of carbonyl (C=O) groups excluding carboxylic acids is 1. The van der Waals surface area contributed by atoms with Crippen molar-refractivity contribution in [2.24, 2.45) is 0 Å². The maximum atomic E-state index is 12.8. The fraction of sp³-hybridized carbons (Fsp3) is 0.435. The van der Waals surface area contributed by atoms with Gasteiger partial charge in [0, 0.05) is 55.5 Å². The van der Waals surface area contributed by atoms with Crippen LogP contribution in [0.1, 0.15) is 42.2 Å². The van der Waals surface area contributed by atoms with E-state index in [-0.39, 0.29) is 11.9 Å². The van der Waals surface area contributed by atoms with Crippen molar-refractivity contribution in [3.63, 3.8) is 0 Å². The summed E-state index contributed by atoms with van der Waals surface area (Å²) in [5.41, 5.74) is 2.95. The molecule has 0 spiro atoms. The molecule has 2 aromatic carbocycles. The molecule has 5 nitrogen and oxygen atoms in total. The Morgan fingerprint density at radius 2 is 1.75 bits per heavy atom. The molecule has 1 atom stereocenters. The molecular formula is C23H29N3O2. The average Bonchev–Trinajstić information content (AvgIpc) is 2.74. The number of nitrogens with zero attached hydrogens (tertiary/aromatic N) is 2. The van der Waals surface area contributed by atoms with Gasteiger partial charge >= 0.3 is 0 Å². The minimum atomic E-state index is -0.0297. The Morgan fingerprint density at radius 3 is 2.46 bits per heavy atom. The Morgan fingerprint density at radius 1 is 1.04 bits per heavy atom. The predicted molar refractivity (Wildman–Crippen MR) is 112 cm³/mol. The van der Waals surface area contributed by atoms with Crippen molar-refractivity contribution >= 4 is 11.6 Å². The third kappa shape index (κ3) is 3.99. The largest absolute Gasteiger partial charge is 0.493 e. The zero-order chi connectivity index (χ0) is 19.5. The molecule has 1 fully saturated rings. The summed E-state index contributed by atoms with van der Waals surface area (Å²) >= 11 is 0. The molecule has 1 N–H and O–H groups in total. The molecule has 2 aliphatic heterocycles. The van der Waals surface area contributed by atoms with Crippen LogP contribution in [0, 0.1) is 0 Å². The van der Waals surface area contributed by atoms with Gasteiger partial charge in [0.15, 0.2) is 0 Å². The number of benzene rings is 2. The van der Waals surface area contributed by atoms with Crippen molar-refractivity contribution in [2.45, 2.75) is 32.4 Å². The molecule has 1 saturated heterocycles. The average molecular weight is 380 g/mol. The van der Waals surface area contributed by atoms with Gasteiger partial charge < -0.3 is 15.0 Å². The summed E-state index contributed by atoms with van der Waals surface area (Å²) < 4.78 is 5.69. The number of hydrogen-bond donors (Lipinski definition) is 1. The number of nitrogens with one attached hydrogen (secondary N) is 1. The molecule has 0 aliphatic carbocycles. The lowest BCUT2D eigenvalue weighted by atomic mass is 10.00. The molecule has 0 unspecified atom stereocenters. The first-order chi connectivity index (χ1) is 13.6. The van der Waals surface area contributed by atoms with Crippen LogP contribution in [0.15, 0.2) is 48.5 Å². The number of ether oxygens (including phenoxy) is 1. The normalized spacial score (nSPS) is 19.8. The van der Waals surface area contributed by atoms with Gasteiger partial charge in [0.2, 0.25) is 0 Å². The Balaban J connectivity index is 1.39. The topological polar surface area (TPSA) is 44.8 Å². The fourth-order valence-electron chi connectivity index (χ4n) is 4.05. The number of para-hydroxylation sites is 1. The van der Waals surface area contributed by atoms with Crippen LogP contribution in [-0.4, -0.2) is 49.6 Å². The lowest BCUT2D eigenvalue weighted by molar-refractivity contribution is 0.0925. The summed E-state index contributed by atoms with van der Waals surface area (Å²) in [6.07, 6.45) is 0.793. The van der Waals surface area contributed by atoms with Crippen LogP contribution in [0.25, 0.3) is 0 Å². The number of rotatable bonds is 4. The quantitative estimate of drug-likeness (QED) is 0.884. The lowest BCUT2D eigenvalue weighted by Gasteiger charge is -2.38. The van der Waals surface area contributed by atoms with E-state index in [1.54, 1.807) is 0 Å². The number of amides is 1. The molecule has 0 bridgehead atoms. The Hall–Kier alpha value is -2.53. The van der Waals surface area contributed by atoms with E-state index in [2.05, 4.69) is 41.1 Å². The number of fused-ring (bicyclic) bond motifs is 1. The van der Waals surface area contributed by atoms with Gasteiger partial charge in [-0.1, -0.05) is 18.2 Å². The number of carbonyl (C=O) groups is 1. The molecule has 2 heterocycles. The van der Waals surface area contributed by atoms with Crippen LogP contribution in [0.3, 0.4) is 0 Å². The first-order valence-electron chi connectivity index (χ1n) is 10.2. The van der Waals surface area contributed by atoms with Crippen LogP contribution in [0.5, 0.6) is 5.75 Å². The summed E-state index contributed by atoms with van der Waals surface area (Å²) in [5.74, 6) is 0.841. The summed E-state index contributed by atoms with van der Waals surface area (Å²) in [6.45, 7) is 9.36. The van der Waals surface area contributed by atoms with E-state index in [4.69, 9.17) is 4.74 Å². The van der Waals surface area contributed by atoms with E-state index in [9.17, 15) is 4.79 Å². The second-order valence-corrected chi connectivity index (χ2v) is 7.86. The van der Waals surface area contributed by atoms with E-state index in [1.807, 2.05) is 36.4 Å². The highest BCUT2D eigenvalue weighted by molar-refractivity contribution is 5.94. The molecule has 148 valence electrons. The highest BCUT2D eigenvalue weighted by Gasteiger charge is 2.23. The van der Waals surface area contributed by atoms with Gasteiger partial charge in [0.05, 0.1) is 12.6 Å². The molecule has 0 aromatic heterocycles. The molecule has 0 saturated carbocycles. The van der Waals surface area contributed by atoms with Gasteiger partial charge in [-0.25, -0.2) is 0 Å². The van der Waals surface area contributed by atoms with E-state index in [0.29, 0.717) is 18.2 Å². The van der Waals surface area contributed by atoms with Gasteiger partial charge in [-0.3, -0.25) is 9.69 Å². The molecule has 28 heavy (non-hydrogen) atoms. The van der Waals surface area contributed by atoms with Crippen LogP contribution in [0.4, 0.5) is 5.69 Å². The van der Waals surface area contributed by atoms with Crippen molar-refractivity contribution in [3.05, 3.63) is 59.7 Å². The summed E-state index contributed by atoms with van der Waals surface area (Å²) in [7, 11) is 0.